The quantitative estimate of drug-likeness (QED) is 0.577. The van der Waals surface area contributed by atoms with Crippen LogP contribution in [0.2, 0.25) is 0 Å². The summed E-state index contributed by atoms with van der Waals surface area (Å²) in [5, 5.41) is 20.1. The molecule has 1 saturated heterocycles. The summed E-state index contributed by atoms with van der Waals surface area (Å²) in [6.07, 6.45) is -3.48. The molecule has 1 aliphatic rings. The summed E-state index contributed by atoms with van der Waals surface area (Å²) in [5.74, 6) is -0.780. The van der Waals surface area contributed by atoms with E-state index in [9.17, 15) is 19.8 Å². The Labute approximate surface area is 150 Å². The number of methoxy groups -OCH3 is 1. The third-order valence-corrected chi connectivity index (χ3v) is 3.86. The van der Waals surface area contributed by atoms with E-state index in [1.807, 2.05) is 0 Å². The van der Waals surface area contributed by atoms with Crippen molar-refractivity contribution >= 4 is 18.0 Å². The van der Waals surface area contributed by atoms with Gasteiger partial charge in [0.1, 0.15) is 11.9 Å². The molecule has 8 heteroatoms. The summed E-state index contributed by atoms with van der Waals surface area (Å²) in [7, 11) is 1.55. The number of esters is 2. The second kappa shape index (κ2) is 8.79. The van der Waals surface area contributed by atoms with Crippen molar-refractivity contribution in [2.45, 2.75) is 44.6 Å². The lowest BCUT2D eigenvalue weighted by Crippen LogP contribution is -2.59. The van der Waals surface area contributed by atoms with Crippen LogP contribution in [-0.2, 0) is 23.8 Å². The fraction of sp³-hybridized carbons (Fsp3) is 0.444. The molecule has 0 radical (unpaired) electrons. The maximum atomic E-state index is 12.1. The van der Waals surface area contributed by atoms with Crippen LogP contribution in [0.1, 0.15) is 19.4 Å². The van der Waals surface area contributed by atoms with E-state index >= 15 is 0 Å². The molecule has 26 heavy (non-hydrogen) atoms. The minimum Gasteiger partial charge on any atom is -0.497 e. The normalized spacial score (nSPS) is 28.6. The first-order chi connectivity index (χ1) is 12.3. The zero-order valence-corrected chi connectivity index (χ0v) is 14.7. The lowest BCUT2D eigenvalue weighted by molar-refractivity contribution is -0.284. The topological polar surface area (TPSA) is 112 Å². The monoisotopic (exact) mass is 366 g/mol. The SMILES string of the molecule is COc1ccc(/C=C/C(=O)O[C@@H]2[C@H](OC(C)=O)[C@@H](O)[C@H](C)O[C@H]2O)cc1. The molecule has 2 rings (SSSR count). The molecule has 0 aromatic heterocycles. The molecule has 0 amide bonds. The van der Waals surface area contributed by atoms with Crippen LogP contribution in [0.15, 0.2) is 30.3 Å². The summed E-state index contributed by atoms with van der Waals surface area (Å²) in [6.45, 7) is 2.66. The largest absolute Gasteiger partial charge is 0.497 e. The maximum Gasteiger partial charge on any atom is 0.331 e. The van der Waals surface area contributed by atoms with E-state index in [0.29, 0.717) is 5.75 Å². The highest BCUT2D eigenvalue weighted by Gasteiger charge is 2.47. The fourth-order valence-electron chi connectivity index (χ4n) is 2.51. The minimum absolute atomic E-state index is 0.676. The average molecular weight is 366 g/mol. The van der Waals surface area contributed by atoms with Gasteiger partial charge in [0.25, 0.3) is 0 Å². The number of aliphatic hydroxyl groups excluding tert-OH is 2. The molecule has 1 aromatic carbocycles. The second-order valence-electron chi connectivity index (χ2n) is 5.80. The maximum absolute atomic E-state index is 12.1. The van der Waals surface area contributed by atoms with Crippen LogP contribution in [-0.4, -0.2) is 60.0 Å². The summed E-state index contributed by atoms with van der Waals surface area (Å²) < 4.78 is 20.3. The Kier molecular flexibility index (Phi) is 6.73. The molecule has 0 unspecified atom stereocenters. The van der Waals surface area contributed by atoms with Crippen molar-refractivity contribution in [3.63, 3.8) is 0 Å². The Morgan fingerprint density at radius 1 is 1.12 bits per heavy atom. The number of benzene rings is 1. The standard InChI is InChI=1S/C18H22O8/c1-10-15(21)16(25-11(2)19)17(18(22)24-10)26-14(20)9-6-12-4-7-13(23-3)8-5-12/h4-10,15-18,21-22H,1-3H3/b9-6+/t10-,15-,16+,17+,18+/m0/s1. The third kappa shape index (κ3) is 5.04. The Balaban J connectivity index is 2.06. The second-order valence-corrected chi connectivity index (χ2v) is 5.80. The number of hydrogen-bond acceptors (Lipinski definition) is 8. The van der Waals surface area contributed by atoms with Crippen molar-refractivity contribution in [3.05, 3.63) is 35.9 Å². The van der Waals surface area contributed by atoms with Gasteiger partial charge in [-0.05, 0) is 30.7 Å². The van der Waals surface area contributed by atoms with Gasteiger partial charge < -0.3 is 29.2 Å². The Morgan fingerprint density at radius 2 is 1.77 bits per heavy atom. The lowest BCUT2D eigenvalue weighted by atomic mass is 9.99. The van der Waals surface area contributed by atoms with Crippen molar-refractivity contribution in [1.82, 2.24) is 0 Å². The molecule has 1 heterocycles. The van der Waals surface area contributed by atoms with Gasteiger partial charge in [-0.2, -0.15) is 0 Å². The Hall–Kier alpha value is -2.42. The van der Waals surface area contributed by atoms with E-state index < -0.39 is 42.6 Å². The Bertz CT molecular complexity index is 654. The molecule has 0 aliphatic carbocycles. The fourth-order valence-corrected chi connectivity index (χ4v) is 2.51. The van der Waals surface area contributed by atoms with Gasteiger partial charge in [-0.25, -0.2) is 4.79 Å². The van der Waals surface area contributed by atoms with Crippen LogP contribution in [0.5, 0.6) is 5.75 Å². The molecule has 142 valence electrons. The van der Waals surface area contributed by atoms with E-state index in [2.05, 4.69) is 0 Å². The van der Waals surface area contributed by atoms with Crippen molar-refractivity contribution in [2.75, 3.05) is 7.11 Å². The van der Waals surface area contributed by atoms with Gasteiger partial charge >= 0.3 is 11.9 Å². The smallest absolute Gasteiger partial charge is 0.331 e. The highest BCUT2D eigenvalue weighted by atomic mass is 16.7. The minimum atomic E-state index is -1.53. The molecule has 0 saturated carbocycles. The molecule has 2 N–H and O–H groups in total. The molecular formula is C18H22O8. The van der Waals surface area contributed by atoms with Crippen LogP contribution in [0.3, 0.4) is 0 Å². The van der Waals surface area contributed by atoms with Gasteiger partial charge in [-0.15, -0.1) is 0 Å². The van der Waals surface area contributed by atoms with Gasteiger partial charge in [-0.1, -0.05) is 12.1 Å². The summed E-state index contributed by atoms with van der Waals surface area (Å²) in [4.78, 5) is 23.3. The molecule has 0 spiro atoms. The van der Waals surface area contributed by atoms with E-state index in [-0.39, 0.29) is 0 Å². The molecule has 1 fully saturated rings. The third-order valence-electron chi connectivity index (χ3n) is 3.86. The summed E-state index contributed by atoms with van der Waals surface area (Å²) in [6, 6.07) is 6.96. The highest BCUT2D eigenvalue weighted by Crippen LogP contribution is 2.25. The van der Waals surface area contributed by atoms with Gasteiger partial charge in [0.15, 0.2) is 18.5 Å². The molecular weight excluding hydrogens is 344 g/mol. The van der Waals surface area contributed by atoms with Crippen LogP contribution < -0.4 is 4.74 Å². The lowest BCUT2D eigenvalue weighted by Gasteiger charge is -2.40. The van der Waals surface area contributed by atoms with Gasteiger partial charge in [-0.3, -0.25) is 4.79 Å². The Morgan fingerprint density at radius 3 is 2.35 bits per heavy atom. The van der Waals surface area contributed by atoms with Crippen LogP contribution in [0, 0.1) is 0 Å². The number of ether oxygens (including phenoxy) is 4. The number of aliphatic hydroxyl groups is 2. The summed E-state index contributed by atoms with van der Waals surface area (Å²) >= 11 is 0. The van der Waals surface area contributed by atoms with E-state index in [1.165, 1.54) is 13.0 Å². The van der Waals surface area contributed by atoms with Crippen LogP contribution in [0.25, 0.3) is 6.08 Å². The first kappa shape index (κ1) is 19.9. The molecule has 0 bridgehead atoms. The van der Waals surface area contributed by atoms with E-state index in [4.69, 9.17) is 18.9 Å². The van der Waals surface area contributed by atoms with Gasteiger partial charge in [0.2, 0.25) is 0 Å². The highest BCUT2D eigenvalue weighted by molar-refractivity contribution is 5.87. The van der Waals surface area contributed by atoms with Gasteiger partial charge in [0, 0.05) is 13.0 Å². The molecule has 8 nitrogen and oxygen atoms in total. The van der Waals surface area contributed by atoms with Crippen molar-refractivity contribution in [1.29, 1.82) is 0 Å². The number of carbonyl (C=O) groups is 2. The predicted octanol–water partition coefficient (Wildman–Crippen LogP) is 0.650. The zero-order chi connectivity index (χ0) is 19.3. The molecule has 1 aromatic rings. The van der Waals surface area contributed by atoms with Crippen molar-refractivity contribution in [2.24, 2.45) is 0 Å². The van der Waals surface area contributed by atoms with Gasteiger partial charge in [0.05, 0.1) is 13.2 Å². The number of rotatable bonds is 5. The molecule has 1 aliphatic heterocycles. The zero-order valence-electron chi connectivity index (χ0n) is 14.7. The van der Waals surface area contributed by atoms with E-state index in [1.54, 1.807) is 31.4 Å². The summed E-state index contributed by atoms with van der Waals surface area (Å²) in [5.41, 5.74) is 0.730. The van der Waals surface area contributed by atoms with Crippen molar-refractivity contribution < 1.29 is 38.7 Å². The van der Waals surface area contributed by atoms with Crippen molar-refractivity contribution in [3.8, 4) is 5.75 Å². The van der Waals surface area contributed by atoms with Crippen LogP contribution >= 0.6 is 0 Å². The van der Waals surface area contributed by atoms with Crippen LogP contribution in [0.4, 0.5) is 0 Å². The average Bonchev–Trinajstić information content (AvgIpc) is 2.61. The first-order valence-electron chi connectivity index (χ1n) is 8.03. The van der Waals surface area contributed by atoms with E-state index in [0.717, 1.165) is 18.6 Å². The number of carbonyl (C=O) groups excluding carboxylic acids is 2. The number of hydrogen-bond donors (Lipinski definition) is 2. The molecule has 5 atom stereocenters. The first-order valence-corrected chi connectivity index (χ1v) is 8.03. The predicted molar refractivity (Wildman–Crippen MR) is 90.0 cm³/mol.